The first kappa shape index (κ1) is 39.3. The van der Waals surface area contributed by atoms with E-state index in [1.165, 1.54) is 16.7 Å². The SMILES string of the molecule is CC.CC(C)(C)O.CCc1c(C)nc2cc(CNC=O)nn2c1N1CCC(C)(OC/C=C/Cc2ccccc2C)CC1.O=CO. The topological polar surface area (TPSA) is 129 Å². The van der Waals surface area contributed by atoms with Gasteiger partial charge in [0.25, 0.3) is 6.47 Å². The molecule has 10 heteroatoms. The van der Waals surface area contributed by atoms with Crippen molar-refractivity contribution in [1.29, 1.82) is 0 Å². The highest BCUT2D eigenvalue weighted by Gasteiger charge is 2.32. The Bertz CT molecular complexity index is 1330. The molecule has 1 amide bonds. The number of fused-ring (bicyclic) bond motifs is 1. The van der Waals surface area contributed by atoms with Gasteiger partial charge in [0.2, 0.25) is 6.41 Å². The number of piperidine rings is 1. The van der Waals surface area contributed by atoms with Gasteiger partial charge in [-0.2, -0.15) is 9.61 Å². The average molecular weight is 626 g/mol. The highest BCUT2D eigenvalue weighted by Crippen LogP contribution is 2.32. The Morgan fingerprint density at radius 3 is 2.24 bits per heavy atom. The Morgan fingerprint density at radius 2 is 1.69 bits per heavy atom. The van der Waals surface area contributed by atoms with Crippen molar-refractivity contribution >= 4 is 24.3 Å². The number of allylic oxidation sites excluding steroid dienone is 1. The number of rotatable bonds is 10. The molecule has 0 unspecified atom stereocenters. The number of aliphatic hydroxyl groups is 1. The van der Waals surface area contributed by atoms with E-state index in [1.54, 1.807) is 20.8 Å². The number of aromatic nitrogens is 3. The molecule has 0 aliphatic carbocycles. The van der Waals surface area contributed by atoms with E-state index in [1.807, 2.05) is 24.4 Å². The second kappa shape index (κ2) is 19.6. The molecule has 3 N–H and O–H groups in total. The van der Waals surface area contributed by atoms with Crippen LogP contribution < -0.4 is 10.2 Å². The van der Waals surface area contributed by atoms with Gasteiger partial charge in [0.05, 0.1) is 30.0 Å². The highest BCUT2D eigenvalue weighted by molar-refractivity contribution is 5.58. The molecular formula is C35H55N5O5. The van der Waals surface area contributed by atoms with E-state index in [-0.39, 0.29) is 12.1 Å². The van der Waals surface area contributed by atoms with Crippen LogP contribution in [0.1, 0.15) is 89.4 Å². The lowest BCUT2D eigenvalue weighted by Gasteiger charge is -2.40. The lowest BCUT2D eigenvalue weighted by Crippen LogP contribution is -2.45. The molecule has 0 saturated carbocycles. The molecule has 4 rings (SSSR count). The van der Waals surface area contributed by atoms with E-state index in [2.05, 4.69) is 74.3 Å². The van der Waals surface area contributed by atoms with E-state index in [9.17, 15) is 4.79 Å². The minimum absolute atomic E-state index is 0.139. The third-order valence-corrected chi connectivity index (χ3v) is 7.07. The van der Waals surface area contributed by atoms with Crippen molar-refractivity contribution in [2.45, 2.75) is 106 Å². The number of hydrogen-bond donors (Lipinski definition) is 3. The summed E-state index contributed by atoms with van der Waals surface area (Å²) in [4.78, 5) is 26.3. The van der Waals surface area contributed by atoms with Gasteiger partial charge in [-0.05, 0) is 78.4 Å². The summed E-state index contributed by atoms with van der Waals surface area (Å²) >= 11 is 0. The predicted molar refractivity (Wildman–Crippen MR) is 182 cm³/mol. The lowest BCUT2D eigenvalue weighted by molar-refractivity contribution is -0.122. The third-order valence-electron chi connectivity index (χ3n) is 7.07. The van der Waals surface area contributed by atoms with Crippen LogP contribution in [0.15, 0.2) is 42.5 Å². The van der Waals surface area contributed by atoms with Crippen molar-refractivity contribution in [2.75, 3.05) is 24.6 Å². The Labute approximate surface area is 269 Å². The maximum atomic E-state index is 10.7. The summed E-state index contributed by atoms with van der Waals surface area (Å²) in [5.41, 5.74) is 5.93. The fourth-order valence-corrected chi connectivity index (χ4v) is 4.86. The van der Waals surface area contributed by atoms with Gasteiger partial charge in [-0.3, -0.25) is 9.59 Å². The molecule has 250 valence electrons. The zero-order valence-corrected chi connectivity index (χ0v) is 28.8. The number of carbonyl (C=O) groups is 2. The normalized spacial score (nSPS) is 14.0. The minimum Gasteiger partial charge on any atom is -0.483 e. The monoisotopic (exact) mass is 625 g/mol. The number of nitrogens with zero attached hydrogens (tertiary/aromatic N) is 4. The van der Waals surface area contributed by atoms with E-state index < -0.39 is 5.60 Å². The highest BCUT2D eigenvalue weighted by atomic mass is 16.5. The van der Waals surface area contributed by atoms with E-state index >= 15 is 0 Å². The molecule has 0 spiro atoms. The van der Waals surface area contributed by atoms with Gasteiger partial charge >= 0.3 is 0 Å². The number of anilines is 1. The molecule has 45 heavy (non-hydrogen) atoms. The quantitative estimate of drug-likeness (QED) is 0.190. The van der Waals surface area contributed by atoms with Crippen LogP contribution >= 0.6 is 0 Å². The summed E-state index contributed by atoms with van der Waals surface area (Å²) in [6, 6.07) is 10.5. The first-order valence-electron chi connectivity index (χ1n) is 15.8. The molecule has 0 bridgehead atoms. The van der Waals surface area contributed by atoms with Crippen molar-refractivity contribution in [3.8, 4) is 0 Å². The molecule has 3 heterocycles. The van der Waals surface area contributed by atoms with Crippen molar-refractivity contribution in [3.05, 3.63) is 70.6 Å². The van der Waals surface area contributed by atoms with Gasteiger partial charge in [0.15, 0.2) is 5.65 Å². The summed E-state index contributed by atoms with van der Waals surface area (Å²) in [6.07, 6.45) is 8.78. The molecule has 3 aromatic rings. The van der Waals surface area contributed by atoms with Crippen LogP contribution in [0.4, 0.5) is 5.82 Å². The van der Waals surface area contributed by atoms with Crippen LogP contribution in [-0.2, 0) is 33.7 Å². The van der Waals surface area contributed by atoms with E-state index in [0.29, 0.717) is 19.6 Å². The molecule has 1 aromatic carbocycles. The van der Waals surface area contributed by atoms with Crippen LogP contribution in [0.2, 0.25) is 0 Å². The predicted octanol–water partition coefficient (Wildman–Crippen LogP) is 5.83. The van der Waals surface area contributed by atoms with Crippen molar-refractivity contribution in [3.63, 3.8) is 0 Å². The van der Waals surface area contributed by atoms with Crippen molar-refractivity contribution < 1.29 is 24.5 Å². The number of amides is 1. The van der Waals surface area contributed by atoms with Crippen LogP contribution in [0, 0.1) is 13.8 Å². The summed E-state index contributed by atoms with van der Waals surface area (Å²) < 4.78 is 8.30. The number of nitrogens with one attached hydrogen (secondary N) is 1. The molecule has 0 radical (unpaired) electrons. The summed E-state index contributed by atoms with van der Waals surface area (Å²) in [6.45, 7) is 20.4. The number of carboxylic acid groups (broad SMARTS) is 1. The minimum atomic E-state index is -0.500. The smallest absolute Gasteiger partial charge is 0.290 e. The zero-order chi connectivity index (χ0) is 34.0. The number of hydrogen-bond acceptors (Lipinski definition) is 7. The number of ether oxygens (including phenoxy) is 1. The lowest BCUT2D eigenvalue weighted by atomic mass is 9.93. The van der Waals surface area contributed by atoms with Gasteiger partial charge in [0, 0.05) is 30.4 Å². The summed E-state index contributed by atoms with van der Waals surface area (Å²) in [5.74, 6) is 1.12. The van der Waals surface area contributed by atoms with Gasteiger partial charge in [0.1, 0.15) is 5.82 Å². The molecular weight excluding hydrogens is 570 g/mol. The van der Waals surface area contributed by atoms with Crippen LogP contribution in [0.3, 0.4) is 0 Å². The average Bonchev–Trinajstić information content (AvgIpc) is 3.39. The Hall–Kier alpha value is -3.76. The molecule has 2 aromatic heterocycles. The first-order chi connectivity index (χ1) is 21.4. The number of aryl methyl sites for hydroxylation is 2. The fraction of sp³-hybridized carbons (Fsp3) is 0.543. The summed E-state index contributed by atoms with van der Waals surface area (Å²) in [5, 5.41) is 22.9. The molecule has 1 saturated heterocycles. The van der Waals surface area contributed by atoms with Crippen LogP contribution in [0.5, 0.6) is 0 Å². The number of benzene rings is 1. The van der Waals surface area contributed by atoms with Gasteiger partial charge in [-0.25, -0.2) is 4.98 Å². The molecule has 1 fully saturated rings. The second-order valence-corrected chi connectivity index (χ2v) is 11.9. The second-order valence-electron chi connectivity index (χ2n) is 11.9. The third kappa shape index (κ3) is 13.4. The largest absolute Gasteiger partial charge is 0.483 e. The Morgan fingerprint density at radius 1 is 1.09 bits per heavy atom. The molecule has 0 atom stereocenters. The summed E-state index contributed by atoms with van der Waals surface area (Å²) in [7, 11) is 0. The standard InChI is InChI=1S/C28H37N5O2.C4H10O.C2H6.CH2O2/c1-5-25-22(3)30-26-18-24(19-29-20-34)31-33(26)27(25)32-15-13-28(4,14-16-32)35-17-9-8-12-23-11-7-6-10-21(23)2;1-4(2,3)5;1-2;2-1-3/h6-11,18,20H,5,12-17,19H2,1-4H3,(H,29,34);5H,1-3H3;1-2H3;1H,(H,2,3)/b9-8+;;;. The number of carbonyl (C=O) groups excluding carboxylic acids is 1. The Balaban J connectivity index is 0.000000893. The fourth-order valence-electron chi connectivity index (χ4n) is 4.86. The van der Waals surface area contributed by atoms with Crippen molar-refractivity contribution in [1.82, 2.24) is 19.9 Å². The van der Waals surface area contributed by atoms with Crippen LogP contribution in [-0.4, -0.2) is 68.6 Å². The van der Waals surface area contributed by atoms with Crippen LogP contribution in [0.25, 0.3) is 5.65 Å². The van der Waals surface area contributed by atoms with E-state index in [4.69, 9.17) is 29.8 Å². The maximum absolute atomic E-state index is 10.7. The van der Waals surface area contributed by atoms with Gasteiger partial charge in [-0.1, -0.05) is 57.2 Å². The van der Waals surface area contributed by atoms with Gasteiger partial charge < -0.3 is 25.2 Å². The molecule has 1 aliphatic heterocycles. The zero-order valence-electron chi connectivity index (χ0n) is 28.8. The van der Waals surface area contributed by atoms with Gasteiger partial charge in [-0.15, -0.1) is 0 Å². The maximum Gasteiger partial charge on any atom is 0.290 e. The molecule has 1 aliphatic rings. The van der Waals surface area contributed by atoms with E-state index in [0.717, 1.165) is 61.6 Å². The van der Waals surface area contributed by atoms with Crippen molar-refractivity contribution in [2.24, 2.45) is 0 Å². The Kier molecular flexibility index (Phi) is 17.1. The molecule has 10 nitrogen and oxygen atoms in total. The first-order valence-corrected chi connectivity index (χ1v) is 15.8.